The maximum absolute atomic E-state index is 11.0. The lowest BCUT2D eigenvalue weighted by Gasteiger charge is -2.15. The molecule has 2 rings (SSSR count). The van der Waals surface area contributed by atoms with Gasteiger partial charge in [0.05, 0.1) is 11.6 Å². The van der Waals surface area contributed by atoms with Gasteiger partial charge in [0, 0.05) is 4.88 Å². The minimum absolute atomic E-state index is 0.0640. The number of carbonyl (C=O) groups is 1. The van der Waals surface area contributed by atoms with Gasteiger partial charge in [0.15, 0.2) is 6.29 Å². The van der Waals surface area contributed by atoms with Crippen molar-refractivity contribution in [2.45, 2.75) is 19.9 Å². The third-order valence-electron chi connectivity index (χ3n) is 2.45. The van der Waals surface area contributed by atoms with Crippen molar-refractivity contribution in [2.24, 2.45) is 0 Å². The lowest BCUT2D eigenvalue weighted by atomic mass is 10.2. The smallest absolute Gasteiger partial charge is 0.156 e. The van der Waals surface area contributed by atoms with Crippen molar-refractivity contribution < 1.29 is 4.79 Å². The molecule has 0 aliphatic rings. The molecule has 1 atom stereocenters. The van der Waals surface area contributed by atoms with Crippen LogP contribution in [0.15, 0.2) is 17.5 Å². The topological polar surface area (TPSA) is 54.9 Å². The summed E-state index contributed by atoms with van der Waals surface area (Å²) in [5, 5.41) is 5.37. The zero-order valence-corrected chi connectivity index (χ0v) is 11.5. The maximum Gasteiger partial charge on any atom is 0.156 e. The van der Waals surface area contributed by atoms with E-state index >= 15 is 0 Å². The average molecular weight is 282 g/mol. The zero-order chi connectivity index (χ0) is 13.1. The Hall–Kier alpha value is -1.46. The second-order valence-electron chi connectivity index (χ2n) is 3.82. The van der Waals surface area contributed by atoms with E-state index in [4.69, 9.17) is 11.6 Å². The molecule has 1 N–H and O–H groups in total. The molecule has 0 amide bonds. The molecule has 0 spiro atoms. The Morgan fingerprint density at radius 1 is 1.50 bits per heavy atom. The number of aryl methyl sites for hydroxylation is 1. The predicted molar refractivity (Wildman–Crippen MR) is 73.5 cm³/mol. The Bertz CT molecular complexity index is 557. The van der Waals surface area contributed by atoms with Gasteiger partial charge in [0.2, 0.25) is 0 Å². The molecular formula is C12H12ClN3OS. The van der Waals surface area contributed by atoms with Crippen LogP contribution in [0.1, 0.15) is 34.0 Å². The van der Waals surface area contributed by atoms with E-state index < -0.39 is 0 Å². The Labute approximate surface area is 114 Å². The van der Waals surface area contributed by atoms with Crippen LogP contribution in [0.4, 0.5) is 5.82 Å². The van der Waals surface area contributed by atoms with Crippen molar-refractivity contribution in [2.75, 3.05) is 5.32 Å². The average Bonchev–Trinajstić information content (AvgIpc) is 2.81. The first-order valence-electron chi connectivity index (χ1n) is 5.41. The van der Waals surface area contributed by atoms with Crippen LogP contribution < -0.4 is 5.32 Å². The summed E-state index contributed by atoms with van der Waals surface area (Å²) in [5.41, 5.74) is 0.297. The number of anilines is 1. The summed E-state index contributed by atoms with van der Waals surface area (Å²) in [4.78, 5) is 20.4. The highest BCUT2D eigenvalue weighted by Gasteiger charge is 2.14. The Morgan fingerprint density at radius 3 is 2.89 bits per heavy atom. The largest absolute Gasteiger partial charge is 0.362 e. The van der Waals surface area contributed by atoms with Crippen LogP contribution in [-0.4, -0.2) is 16.3 Å². The zero-order valence-electron chi connectivity index (χ0n) is 9.98. The summed E-state index contributed by atoms with van der Waals surface area (Å²) in [6.07, 6.45) is 0.672. The molecule has 1 unspecified atom stereocenters. The van der Waals surface area contributed by atoms with Crippen LogP contribution in [-0.2, 0) is 0 Å². The summed E-state index contributed by atoms with van der Waals surface area (Å²) in [6.45, 7) is 3.74. The van der Waals surface area contributed by atoms with Crippen molar-refractivity contribution >= 4 is 35.0 Å². The standard InChI is InChI=1S/C12H12ClN3OS/c1-7(10-4-3-5-18-10)14-12-9(6-17)11(13)15-8(2)16-12/h3-7H,1-2H3,(H,14,15,16). The van der Waals surface area contributed by atoms with Crippen LogP contribution in [0.3, 0.4) is 0 Å². The Balaban J connectivity index is 2.31. The molecule has 0 saturated heterocycles. The first kappa shape index (κ1) is 13.0. The van der Waals surface area contributed by atoms with Crippen LogP contribution in [0.5, 0.6) is 0 Å². The van der Waals surface area contributed by atoms with E-state index in [9.17, 15) is 4.79 Å². The van der Waals surface area contributed by atoms with E-state index in [2.05, 4.69) is 15.3 Å². The van der Waals surface area contributed by atoms with Gasteiger partial charge >= 0.3 is 0 Å². The summed E-state index contributed by atoms with van der Waals surface area (Å²) in [5.74, 6) is 1.01. The number of halogens is 1. The molecule has 0 aliphatic carbocycles. The van der Waals surface area contributed by atoms with Gasteiger partial charge < -0.3 is 5.32 Å². The number of hydrogen-bond acceptors (Lipinski definition) is 5. The van der Waals surface area contributed by atoms with Crippen molar-refractivity contribution in [3.8, 4) is 0 Å². The predicted octanol–water partition coefficient (Wildman–Crippen LogP) is 3.49. The summed E-state index contributed by atoms with van der Waals surface area (Å²) < 4.78 is 0. The fraction of sp³-hybridized carbons (Fsp3) is 0.250. The number of nitrogens with zero attached hydrogens (tertiary/aromatic N) is 2. The number of aromatic nitrogens is 2. The van der Waals surface area contributed by atoms with Gasteiger partial charge in [-0.2, -0.15) is 0 Å². The third kappa shape index (κ3) is 2.68. The van der Waals surface area contributed by atoms with Gasteiger partial charge in [0.25, 0.3) is 0 Å². The fourth-order valence-corrected chi connectivity index (χ4v) is 2.57. The van der Waals surface area contributed by atoms with E-state index in [1.807, 2.05) is 24.4 Å². The molecule has 2 aromatic heterocycles. The fourth-order valence-electron chi connectivity index (χ4n) is 1.58. The molecule has 6 heteroatoms. The molecule has 0 aromatic carbocycles. The van der Waals surface area contributed by atoms with Gasteiger partial charge in [-0.05, 0) is 25.3 Å². The second-order valence-corrected chi connectivity index (χ2v) is 5.16. The molecule has 0 radical (unpaired) electrons. The molecule has 94 valence electrons. The van der Waals surface area contributed by atoms with Crippen LogP contribution in [0, 0.1) is 6.92 Å². The Kier molecular flexibility index (Phi) is 3.93. The molecular weight excluding hydrogens is 270 g/mol. The molecule has 0 fully saturated rings. The maximum atomic E-state index is 11.0. The minimum atomic E-state index is 0.0640. The number of thiophene rings is 1. The van der Waals surface area contributed by atoms with Gasteiger partial charge in [-0.3, -0.25) is 4.79 Å². The molecule has 0 saturated carbocycles. The number of rotatable bonds is 4. The summed E-state index contributed by atoms with van der Waals surface area (Å²) in [7, 11) is 0. The van der Waals surface area contributed by atoms with Gasteiger partial charge in [0.1, 0.15) is 16.8 Å². The molecule has 0 aliphatic heterocycles. The number of hydrogen-bond donors (Lipinski definition) is 1. The van der Waals surface area contributed by atoms with E-state index in [-0.39, 0.29) is 11.2 Å². The van der Waals surface area contributed by atoms with E-state index in [0.29, 0.717) is 23.5 Å². The Morgan fingerprint density at radius 2 is 2.28 bits per heavy atom. The first-order valence-corrected chi connectivity index (χ1v) is 6.67. The second kappa shape index (κ2) is 5.46. The van der Waals surface area contributed by atoms with Crippen molar-refractivity contribution in [3.05, 3.63) is 38.9 Å². The highest BCUT2D eigenvalue weighted by atomic mass is 35.5. The third-order valence-corrected chi connectivity index (χ3v) is 3.80. The van der Waals surface area contributed by atoms with Crippen LogP contribution in [0.2, 0.25) is 5.15 Å². The van der Waals surface area contributed by atoms with E-state index in [1.54, 1.807) is 18.3 Å². The lowest BCUT2D eigenvalue weighted by Crippen LogP contribution is -2.10. The molecule has 2 aromatic rings. The van der Waals surface area contributed by atoms with E-state index in [0.717, 1.165) is 0 Å². The molecule has 4 nitrogen and oxygen atoms in total. The quantitative estimate of drug-likeness (QED) is 0.688. The summed E-state index contributed by atoms with van der Waals surface area (Å²) in [6, 6.07) is 4.07. The summed E-state index contributed by atoms with van der Waals surface area (Å²) >= 11 is 7.57. The van der Waals surface area contributed by atoms with Gasteiger partial charge in [-0.15, -0.1) is 11.3 Å². The van der Waals surface area contributed by atoms with E-state index in [1.165, 1.54) is 4.88 Å². The van der Waals surface area contributed by atoms with Crippen molar-refractivity contribution in [1.29, 1.82) is 0 Å². The molecule has 2 heterocycles. The molecule has 0 bridgehead atoms. The van der Waals surface area contributed by atoms with Crippen molar-refractivity contribution in [1.82, 2.24) is 9.97 Å². The lowest BCUT2D eigenvalue weighted by molar-refractivity contribution is 0.112. The normalized spacial score (nSPS) is 12.2. The van der Waals surface area contributed by atoms with Gasteiger partial charge in [-0.1, -0.05) is 17.7 Å². The number of aldehydes is 1. The van der Waals surface area contributed by atoms with Crippen LogP contribution >= 0.6 is 22.9 Å². The van der Waals surface area contributed by atoms with Crippen molar-refractivity contribution in [3.63, 3.8) is 0 Å². The monoisotopic (exact) mass is 281 g/mol. The number of carbonyl (C=O) groups excluding carboxylic acids is 1. The highest BCUT2D eigenvalue weighted by molar-refractivity contribution is 7.10. The minimum Gasteiger partial charge on any atom is -0.362 e. The molecule has 18 heavy (non-hydrogen) atoms. The SMILES string of the molecule is Cc1nc(Cl)c(C=O)c(NC(C)c2cccs2)n1. The first-order chi connectivity index (χ1) is 8.61. The number of nitrogens with one attached hydrogen (secondary N) is 1. The van der Waals surface area contributed by atoms with Gasteiger partial charge in [-0.25, -0.2) is 9.97 Å². The highest BCUT2D eigenvalue weighted by Crippen LogP contribution is 2.25. The van der Waals surface area contributed by atoms with Crippen LogP contribution in [0.25, 0.3) is 0 Å².